The fourth-order valence-electron chi connectivity index (χ4n) is 3.43. The number of methoxy groups -OCH3 is 1. The van der Waals surface area contributed by atoms with Crippen molar-refractivity contribution in [3.05, 3.63) is 53.6 Å². The van der Waals surface area contributed by atoms with E-state index in [1.54, 1.807) is 12.1 Å². The van der Waals surface area contributed by atoms with Gasteiger partial charge in [0.1, 0.15) is 10.6 Å². The molecule has 1 N–H and O–H groups in total. The maximum atomic E-state index is 13.1. The van der Waals surface area contributed by atoms with E-state index in [9.17, 15) is 13.2 Å². The van der Waals surface area contributed by atoms with E-state index >= 15 is 0 Å². The van der Waals surface area contributed by atoms with Crippen LogP contribution in [0.3, 0.4) is 0 Å². The second kappa shape index (κ2) is 8.32. The lowest BCUT2D eigenvalue weighted by Crippen LogP contribution is -2.41. The van der Waals surface area contributed by atoms with Crippen molar-refractivity contribution in [3.63, 3.8) is 0 Å². The number of hydrogen-bond acceptors (Lipinski definition) is 4. The first-order valence-corrected chi connectivity index (χ1v) is 10.8. The molecule has 28 heavy (non-hydrogen) atoms. The average molecular weight is 403 g/mol. The third-order valence-corrected chi connectivity index (χ3v) is 7.08. The Bertz CT molecular complexity index is 964. The average Bonchev–Trinajstić information content (AvgIpc) is 2.69. The number of benzene rings is 2. The fraction of sp³-hybridized carbons (Fsp3) is 0.381. The molecule has 6 nitrogen and oxygen atoms in total. The molecule has 1 aliphatic heterocycles. The number of carbonyl (C=O) groups excluding carboxylic acids is 1. The normalized spacial score (nSPS) is 16.0. The second-order valence-corrected chi connectivity index (χ2v) is 9.04. The summed E-state index contributed by atoms with van der Waals surface area (Å²) < 4.78 is 32.8. The minimum atomic E-state index is -3.67. The quantitative estimate of drug-likeness (QED) is 0.832. The van der Waals surface area contributed by atoms with E-state index < -0.39 is 10.0 Å². The number of nitrogens with zero attached hydrogens (tertiary/aromatic N) is 1. The van der Waals surface area contributed by atoms with E-state index in [1.807, 2.05) is 44.2 Å². The van der Waals surface area contributed by atoms with Crippen molar-refractivity contribution in [3.8, 4) is 5.75 Å². The highest BCUT2D eigenvalue weighted by Gasteiger charge is 2.33. The number of hydrogen-bond donors (Lipinski definition) is 1. The highest BCUT2D eigenvalue weighted by molar-refractivity contribution is 7.89. The molecule has 3 rings (SSSR count). The van der Waals surface area contributed by atoms with Gasteiger partial charge in [-0.3, -0.25) is 4.79 Å². The van der Waals surface area contributed by atoms with Crippen LogP contribution in [0, 0.1) is 19.8 Å². The molecule has 0 unspecified atom stereocenters. The molecule has 0 saturated carbocycles. The number of piperidine rings is 1. The molecule has 0 aliphatic carbocycles. The molecule has 2 aromatic carbocycles. The number of anilines is 1. The van der Waals surface area contributed by atoms with Crippen LogP contribution < -0.4 is 10.1 Å². The smallest absolute Gasteiger partial charge is 0.246 e. The lowest BCUT2D eigenvalue weighted by molar-refractivity contribution is -0.120. The first-order chi connectivity index (χ1) is 13.3. The SMILES string of the molecule is COc1ccc(C)cc1S(=O)(=O)N1CCC(C(=O)Nc2ccccc2C)CC1. The predicted molar refractivity (Wildman–Crippen MR) is 109 cm³/mol. The van der Waals surface area contributed by atoms with Crippen molar-refractivity contribution >= 4 is 21.6 Å². The van der Waals surface area contributed by atoms with Crippen molar-refractivity contribution in [1.29, 1.82) is 0 Å². The van der Waals surface area contributed by atoms with Gasteiger partial charge in [0.05, 0.1) is 7.11 Å². The first kappa shape index (κ1) is 20.4. The summed E-state index contributed by atoms with van der Waals surface area (Å²) in [6, 6.07) is 12.7. The van der Waals surface area contributed by atoms with Crippen molar-refractivity contribution in [2.45, 2.75) is 31.6 Å². The molecule has 0 spiro atoms. The Morgan fingerprint density at radius 2 is 1.79 bits per heavy atom. The minimum absolute atomic E-state index is 0.0560. The van der Waals surface area contributed by atoms with Gasteiger partial charge in [-0.1, -0.05) is 24.3 Å². The third kappa shape index (κ3) is 4.20. The topological polar surface area (TPSA) is 75.7 Å². The third-order valence-electron chi connectivity index (χ3n) is 5.16. The number of ether oxygens (including phenoxy) is 1. The van der Waals surface area contributed by atoms with Crippen LogP contribution in [0.25, 0.3) is 0 Å². The zero-order valence-electron chi connectivity index (χ0n) is 16.4. The zero-order chi connectivity index (χ0) is 20.3. The van der Waals surface area contributed by atoms with E-state index in [0.717, 1.165) is 16.8 Å². The molecule has 0 bridgehead atoms. The molecule has 1 heterocycles. The second-order valence-electron chi connectivity index (χ2n) is 7.14. The van der Waals surface area contributed by atoms with Gasteiger partial charge in [-0.15, -0.1) is 0 Å². The Labute approximate surface area is 166 Å². The van der Waals surface area contributed by atoms with Gasteiger partial charge in [-0.05, 0) is 56.0 Å². The predicted octanol–water partition coefficient (Wildman–Crippen LogP) is 3.35. The summed E-state index contributed by atoms with van der Waals surface area (Å²) in [6.07, 6.45) is 0.982. The first-order valence-electron chi connectivity index (χ1n) is 9.34. The maximum Gasteiger partial charge on any atom is 0.246 e. The Morgan fingerprint density at radius 3 is 2.43 bits per heavy atom. The Hall–Kier alpha value is -2.38. The zero-order valence-corrected chi connectivity index (χ0v) is 17.3. The number of rotatable bonds is 5. The summed E-state index contributed by atoms with van der Waals surface area (Å²) in [5.41, 5.74) is 2.65. The van der Waals surface area contributed by atoms with E-state index in [2.05, 4.69) is 5.32 Å². The van der Waals surface area contributed by atoms with Crippen LogP contribution in [0.15, 0.2) is 47.4 Å². The highest BCUT2D eigenvalue weighted by atomic mass is 32.2. The van der Waals surface area contributed by atoms with Crippen LogP contribution in [-0.4, -0.2) is 38.8 Å². The van der Waals surface area contributed by atoms with Crippen molar-refractivity contribution < 1.29 is 17.9 Å². The summed E-state index contributed by atoms with van der Waals surface area (Å²) in [5.74, 6) is 0.0787. The standard InChI is InChI=1S/C21H26N2O4S/c1-15-8-9-19(27-3)20(14-15)28(25,26)23-12-10-17(11-13-23)21(24)22-18-7-5-4-6-16(18)2/h4-9,14,17H,10-13H2,1-3H3,(H,22,24). The fourth-order valence-corrected chi connectivity index (χ4v) is 5.14. The molecule has 1 saturated heterocycles. The van der Waals surface area contributed by atoms with Crippen molar-refractivity contribution in [2.24, 2.45) is 5.92 Å². The molecule has 1 fully saturated rings. The number of amides is 1. The largest absolute Gasteiger partial charge is 0.495 e. The van der Waals surface area contributed by atoms with E-state index in [0.29, 0.717) is 31.7 Å². The van der Waals surface area contributed by atoms with E-state index in [4.69, 9.17) is 4.74 Å². The van der Waals surface area contributed by atoms with Gasteiger partial charge in [0.15, 0.2) is 0 Å². The van der Waals surface area contributed by atoms with Crippen LogP contribution in [0.4, 0.5) is 5.69 Å². The minimum Gasteiger partial charge on any atom is -0.495 e. The summed E-state index contributed by atoms with van der Waals surface area (Å²) in [4.78, 5) is 12.8. The molecule has 0 radical (unpaired) electrons. The maximum absolute atomic E-state index is 13.1. The Morgan fingerprint density at radius 1 is 1.11 bits per heavy atom. The molecule has 1 amide bonds. The van der Waals surface area contributed by atoms with E-state index in [1.165, 1.54) is 11.4 Å². The van der Waals surface area contributed by atoms with Gasteiger partial charge in [-0.25, -0.2) is 8.42 Å². The number of nitrogens with one attached hydrogen (secondary N) is 1. The molecule has 0 atom stereocenters. The summed E-state index contributed by atoms with van der Waals surface area (Å²) in [5, 5.41) is 2.96. The number of carbonyl (C=O) groups is 1. The monoisotopic (exact) mass is 402 g/mol. The van der Waals surface area contributed by atoms with Crippen molar-refractivity contribution in [2.75, 3.05) is 25.5 Å². The van der Waals surface area contributed by atoms with Gasteiger partial charge in [0, 0.05) is 24.7 Å². The van der Waals surface area contributed by atoms with Gasteiger partial charge in [0.25, 0.3) is 0 Å². The van der Waals surface area contributed by atoms with Gasteiger partial charge < -0.3 is 10.1 Å². The number of sulfonamides is 1. The Kier molecular flexibility index (Phi) is 6.05. The lowest BCUT2D eigenvalue weighted by Gasteiger charge is -2.31. The van der Waals surface area contributed by atoms with Gasteiger partial charge in [-0.2, -0.15) is 4.31 Å². The van der Waals surface area contributed by atoms with Crippen LogP contribution >= 0.6 is 0 Å². The molecule has 2 aromatic rings. The molecule has 1 aliphatic rings. The van der Waals surface area contributed by atoms with E-state index in [-0.39, 0.29) is 16.7 Å². The molecular weight excluding hydrogens is 376 g/mol. The van der Waals surface area contributed by atoms with Crippen LogP contribution in [0.5, 0.6) is 5.75 Å². The highest BCUT2D eigenvalue weighted by Crippen LogP contribution is 2.31. The van der Waals surface area contributed by atoms with Gasteiger partial charge >= 0.3 is 0 Å². The van der Waals surface area contributed by atoms with Crippen molar-refractivity contribution in [1.82, 2.24) is 4.31 Å². The molecular formula is C21H26N2O4S. The number of para-hydroxylation sites is 1. The molecule has 7 heteroatoms. The molecule has 150 valence electrons. The summed E-state index contributed by atoms with van der Waals surface area (Å²) in [6.45, 7) is 4.41. The number of aryl methyl sites for hydroxylation is 2. The summed E-state index contributed by atoms with van der Waals surface area (Å²) >= 11 is 0. The van der Waals surface area contributed by atoms with Crippen LogP contribution in [0.1, 0.15) is 24.0 Å². The molecule has 0 aromatic heterocycles. The van der Waals surface area contributed by atoms with Crippen LogP contribution in [0.2, 0.25) is 0 Å². The summed E-state index contributed by atoms with van der Waals surface area (Å²) in [7, 11) is -2.20. The van der Waals surface area contributed by atoms with Crippen LogP contribution in [-0.2, 0) is 14.8 Å². The Balaban J connectivity index is 1.69. The van der Waals surface area contributed by atoms with Gasteiger partial charge in [0.2, 0.25) is 15.9 Å². The lowest BCUT2D eigenvalue weighted by atomic mass is 9.97.